The van der Waals surface area contributed by atoms with Gasteiger partial charge in [0.2, 0.25) is 11.8 Å². The Morgan fingerprint density at radius 2 is 1.00 bits per heavy atom. The molecule has 0 aromatic rings. The van der Waals surface area contributed by atoms with Gasteiger partial charge in [-0.05, 0) is 38.5 Å². The number of carbonyl (C=O) groups excluding carboxylic acids is 2. The molecule has 18 atom stereocenters. The van der Waals surface area contributed by atoms with E-state index in [0.29, 0.717) is 19.3 Å². The molecular weight excluding hydrogens is 1200 g/mol. The molecular formula is C70H130N2O21. The Kier molecular flexibility index (Phi) is 46.2. The Morgan fingerprint density at radius 1 is 0.548 bits per heavy atom. The van der Waals surface area contributed by atoms with Crippen molar-refractivity contribution in [2.24, 2.45) is 0 Å². The van der Waals surface area contributed by atoms with Gasteiger partial charge < -0.3 is 100 Å². The summed E-state index contributed by atoms with van der Waals surface area (Å²) in [5, 5.41) is 136. The number of rotatable bonds is 56. The van der Waals surface area contributed by atoms with Crippen LogP contribution in [0.25, 0.3) is 0 Å². The highest BCUT2D eigenvalue weighted by Crippen LogP contribution is 2.39. The van der Waals surface area contributed by atoms with Crippen molar-refractivity contribution < 1.29 is 104 Å². The van der Waals surface area contributed by atoms with Gasteiger partial charge in [-0.3, -0.25) is 9.59 Å². The van der Waals surface area contributed by atoms with Gasteiger partial charge in [0.15, 0.2) is 12.6 Å². The number of amides is 2. The molecule has 3 saturated heterocycles. The highest BCUT2D eigenvalue weighted by atomic mass is 16.8. The molecule has 0 aromatic carbocycles. The quantitative estimate of drug-likeness (QED) is 0.0207. The molecule has 18 unspecified atom stereocenters. The molecule has 23 nitrogen and oxygen atoms in total. The number of aliphatic carboxylic acids is 1. The van der Waals surface area contributed by atoms with Crippen LogP contribution >= 0.6 is 0 Å². The van der Waals surface area contributed by atoms with Gasteiger partial charge in [-0.1, -0.05) is 231 Å². The monoisotopic (exact) mass is 1330 g/mol. The maximum absolute atomic E-state index is 13.5. The second-order valence-corrected chi connectivity index (χ2v) is 26.8. The second kappa shape index (κ2) is 50.7. The third kappa shape index (κ3) is 32.8. The Morgan fingerprint density at radius 3 is 1.45 bits per heavy atom. The summed E-state index contributed by atoms with van der Waals surface area (Å²) in [5.74, 6) is -6.10. The van der Waals surface area contributed by atoms with E-state index in [1.165, 1.54) is 148 Å². The van der Waals surface area contributed by atoms with E-state index in [1.807, 2.05) is 0 Å². The molecule has 0 spiro atoms. The third-order valence-electron chi connectivity index (χ3n) is 18.7. The standard InChI is InChI=1S/C70H130N2O21/c1-4-6-8-10-12-14-16-18-20-22-24-25-26-28-30-32-34-36-38-40-42-44-57(80)72-51(52(77)43-41-39-37-35-33-31-29-27-23-21-19-17-15-13-11-9-7-5-2)49-88-67-62(84)61(83)64(56(48-75)90-67)91-68-63(85)66(60(82)55(47-74)89-68)93-70(69(86)87)45-53(78)58(71-50(3)76)65(92-70)59(81)54(79)46-73/h25-26,51-56,58-68,73-75,77-79,81-85H,4-24,27-49H2,1-3H3,(H,71,76)(H,72,80)(H,86,87)/b26-25-. The van der Waals surface area contributed by atoms with E-state index in [4.69, 9.17) is 28.4 Å². The molecule has 3 fully saturated rings. The van der Waals surface area contributed by atoms with Crippen molar-refractivity contribution in [3.8, 4) is 0 Å². The molecule has 0 saturated carbocycles. The van der Waals surface area contributed by atoms with E-state index in [-0.39, 0.29) is 18.9 Å². The number of hydrogen-bond donors (Lipinski definition) is 14. The molecule has 93 heavy (non-hydrogen) atoms. The average Bonchev–Trinajstić information content (AvgIpc) is 0.766. The van der Waals surface area contributed by atoms with Crippen LogP contribution < -0.4 is 10.6 Å². The number of aliphatic hydroxyl groups excluding tert-OH is 11. The van der Waals surface area contributed by atoms with E-state index >= 15 is 0 Å². The third-order valence-corrected chi connectivity index (χ3v) is 18.7. The van der Waals surface area contributed by atoms with Crippen LogP contribution in [0.3, 0.4) is 0 Å². The van der Waals surface area contributed by atoms with E-state index in [0.717, 1.165) is 84.0 Å². The predicted molar refractivity (Wildman–Crippen MR) is 352 cm³/mol. The molecule has 0 bridgehead atoms. The van der Waals surface area contributed by atoms with Crippen LogP contribution in [-0.2, 0) is 42.8 Å². The normalized spacial score (nSPS) is 28.1. The maximum atomic E-state index is 13.5. The van der Waals surface area contributed by atoms with Crippen molar-refractivity contribution in [1.29, 1.82) is 0 Å². The minimum atomic E-state index is -3.08. The second-order valence-electron chi connectivity index (χ2n) is 26.8. The predicted octanol–water partition coefficient (Wildman–Crippen LogP) is 7.46. The van der Waals surface area contributed by atoms with Gasteiger partial charge in [-0.15, -0.1) is 0 Å². The molecule has 0 aromatic heterocycles. The fourth-order valence-corrected chi connectivity index (χ4v) is 12.9. The van der Waals surface area contributed by atoms with Gasteiger partial charge >= 0.3 is 5.97 Å². The number of carboxylic acid groups (broad SMARTS) is 1. The smallest absolute Gasteiger partial charge is 0.364 e. The van der Waals surface area contributed by atoms with Gasteiger partial charge in [0.25, 0.3) is 5.79 Å². The lowest BCUT2D eigenvalue weighted by atomic mass is 9.88. The van der Waals surface area contributed by atoms with Crippen LogP contribution in [0.5, 0.6) is 0 Å². The van der Waals surface area contributed by atoms with Crippen LogP contribution in [0, 0.1) is 0 Å². The topological polar surface area (TPSA) is 373 Å². The molecule has 0 aliphatic carbocycles. The van der Waals surface area contributed by atoms with Gasteiger partial charge in [0.1, 0.15) is 67.1 Å². The van der Waals surface area contributed by atoms with Crippen molar-refractivity contribution >= 4 is 17.8 Å². The zero-order valence-corrected chi connectivity index (χ0v) is 57.1. The first-order valence-corrected chi connectivity index (χ1v) is 36.5. The minimum Gasteiger partial charge on any atom is -0.477 e. The molecule has 3 aliphatic rings. The maximum Gasteiger partial charge on any atom is 0.364 e. The first kappa shape index (κ1) is 84.7. The molecule has 3 aliphatic heterocycles. The lowest BCUT2D eigenvalue weighted by Crippen LogP contribution is -2.70. The van der Waals surface area contributed by atoms with Crippen LogP contribution in [0.1, 0.15) is 278 Å². The largest absolute Gasteiger partial charge is 0.477 e. The van der Waals surface area contributed by atoms with E-state index < -0.39 is 148 Å². The van der Waals surface area contributed by atoms with Crippen molar-refractivity contribution in [2.45, 2.75) is 387 Å². The first-order chi connectivity index (χ1) is 44.9. The zero-order chi connectivity index (χ0) is 68.2. The summed E-state index contributed by atoms with van der Waals surface area (Å²) >= 11 is 0. The summed E-state index contributed by atoms with van der Waals surface area (Å²) in [4.78, 5) is 38.6. The Hall–Kier alpha value is -2.53. The SMILES string of the molecule is CCCCCCCCCCCC/C=C\CCCCCCCCCC(=O)NC(COC1OC(CO)C(OC2OC(CO)C(O)C(OC3(C(=O)O)CC(O)C(NC(C)=O)C(C(O)C(O)CO)O3)C2O)C(O)C1O)C(O)CCCCCCCCCCCCCCCCCCCC. The van der Waals surface area contributed by atoms with Gasteiger partial charge in [0, 0.05) is 19.8 Å². The fourth-order valence-electron chi connectivity index (χ4n) is 12.9. The molecule has 3 rings (SSSR count). The summed E-state index contributed by atoms with van der Waals surface area (Å²) < 4.78 is 34.9. The number of hydrogen-bond acceptors (Lipinski definition) is 20. The van der Waals surface area contributed by atoms with Crippen LogP contribution in [-0.4, -0.2) is 215 Å². The number of nitrogens with one attached hydrogen (secondary N) is 2. The number of allylic oxidation sites excluding steroid dienone is 2. The Bertz CT molecular complexity index is 1930. The molecule has 546 valence electrons. The molecule has 23 heteroatoms. The van der Waals surface area contributed by atoms with E-state index in [1.54, 1.807) is 0 Å². The van der Waals surface area contributed by atoms with Crippen LogP contribution in [0.15, 0.2) is 12.2 Å². The highest BCUT2D eigenvalue weighted by molar-refractivity contribution is 5.77. The fraction of sp³-hybridized carbons (Fsp3) is 0.929. The molecule has 2 amide bonds. The summed E-state index contributed by atoms with van der Waals surface area (Å²) in [7, 11) is 0. The van der Waals surface area contributed by atoms with Crippen LogP contribution in [0.4, 0.5) is 0 Å². The summed E-state index contributed by atoms with van der Waals surface area (Å²) in [6.07, 6.45) is 20.6. The molecule has 0 radical (unpaired) electrons. The number of carbonyl (C=O) groups is 3. The number of carboxylic acids is 1. The zero-order valence-electron chi connectivity index (χ0n) is 57.1. The Labute approximate surface area is 556 Å². The van der Waals surface area contributed by atoms with Crippen molar-refractivity contribution in [3.63, 3.8) is 0 Å². The number of unbranched alkanes of at least 4 members (excludes halogenated alkanes) is 34. The van der Waals surface area contributed by atoms with Gasteiger partial charge in [-0.25, -0.2) is 4.79 Å². The first-order valence-electron chi connectivity index (χ1n) is 36.5. The highest BCUT2D eigenvalue weighted by Gasteiger charge is 2.60. The van der Waals surface area contributed by atoms with E-state index in [2.05, 4.69) is 36.6 Å². The summed E-state index contributed by atoms with van der Waals surface area (Å²) in [6.45, 7) is 2.23. The van der Waals surface area contributed by atoms with Crippen LogP contribution in [0.2, 0.25) is 0 Å². The van der Waals surface area contributed by atoms with E-state index in [9.17, 15) is 75.7 Å². The lowest BCUT2D eigenvalue weighted by molar-refractivity contribution is -0.386. The number of aliphatic hydroxyl groups is 11. The molecule has 3 heterocycles. The summed E-state index contributed by atoms with van der Waals surface area (Å²) in [5.41, 5.74) is 0. The van der Waals surface area contributed by atoms with Crippen molar-refractivity contribution in [1.82, 2.24) is 10.6 Å². The Balaban J connectivity index is 1.57. The van der Waals surface area contributed by atoms with Gasteiger partial charge in [0.05, 0.1) is 50.7 Å². The van der Waals surface area contributed by atoms with Gasteiger partial charge in [-0.2, -0.15) is 0 Å². The summed E-state index contributed by atoms with van der Waals surface area (Å²) in [6, 6.07) is -2.53. The molecule has 14 N–H and O–H groups in total. The van der Waals surface area contributed by atoms with Crippen molar-refractivity contribution in [2.75, 3.05) is 26.4 Å². The minimum absolute atomic E-state index is 0.220. The number of ether oxygens (including phenoxy) is 6. The average molecular weight is 1340 g/mol. The van der Waals surface area contributed by atoms with Crippen molar-refractivity contribution in [3.05, 3.63) is 12.2 Å². The lowest BCUT2D eigenvalue weighted by Gasteiger charge is -2.50.